The lowest BCUT2D eigenvalue weighted by Gasteiger charge is -2.39. The minimum absolute atomic E-state index is 0.689. The zero-order chi connectivity index (χ0) is 21.0. The molecule has 31 heavy (non-hydrogen) atoms. The monoisotopic (exact) mass is 420 g/mol. The number of rotatable bonds is 9. The van der Waals surface area contributed by atoms with Gasteiger partial charge in [0.15, 0.2) is 0 Å². The number of piperazine rings is 1. The van der Waals surface area contributed by atoms with Crippen molar-refractivity contribution >= 4 is 5.69 Å². The van der Waals surface area contributed by atoms with Gasteiger partial charge < -0.3 is 19.9 Å². The number of hydrogen-bond donors (Lipinski definition) is 1. The molecule has 1 N–H and O–H groups in total. The van der Waals surface area contributed by atoms with Crippen LogP contribution in [0.5, 0.6) is 5.75 Å². The van der Waals surface area contributed by atoms with Crippen molar-refractivity contribution in [2.45, 2.75) is 18.4 Å². The normalized spacial score (nSPS) is 24.7. The number of ether oxygens (including phenoxy) is 1. The molecule has 5 rings (SSSR count). The molecule has 0 amide bonds. The van der Waals surface area contributed by atoms with Gasteiger partial charge in [-0.1, -0.05) is 30.3 Å². The predicted molar refractivity (Wildman–Crippen MR) is 127 cm³/mol. The van der Waals surface area contributed by atoms with Crippen LogP contribution in [-0.4, -0.2) is 81.9 Å². The van der Waals surface area contributed by atoms with E-state index in [1.54, 1.807) is 0 Å². The molecule has 0 bridgehead atoms. The largest absolute Gasteiger partial charge is 0.492 e. The highest BCUT2D eigenvalue weighted by atomic mass is 16.5. The average molecular weight is 421 g/mol. The first kappa shape index (κ1) is 20.8. The second-order valence-corrected chi connectivity index (χ2v) is 9.53. The molecular weight excluding hydrogens is 384 g/mol. The van der Waals surface area contributed by atoms with E-state index in [0.29, 0.717) is 6.04 Å². The second-order valence-electron chi connectivity index (χ2n) is 9.53. The Balaban J connectivity index is 0.945. The summed E-state index contributed by atoms with van der Waals surface area (Å²) in [7, 11) is 2.19. The van der Waals surface area contributed by atoms with Crippen LogP contribution >= 0.6 is 0 Å². The van der Waals surface area contributed by atoms with Crippen LogP contribution in [-0.2, 0) is 0 Å². The number of nitrogens with zero attached hydrogens (tertiary/aromatic N) is 3. The molecule has 3 fully saturated rings. The van der Waals surface area contributed by atoms with Crippen molar-refractivity contribution in [3.63, 3.8) is 0 Å². The van der Waals surface area contributed by atoms with Crippen molar-refractivity contribution in [1.82, 2.24) is 15.1 Å². The van der Waals surface area contributed by atoms with Crippen molar-refractivity contribution < 1.29 is 4.74 Å². The highest BCUT2D eigenvalue weighted by Crippen LogP contribution is 2.40. The van der Waals surface area contributed by atoms with Gasteiger partial charge in [0.1, 0.15) is 12.4 Å². The minimum Gasteiger partial charge on any atom is -0.492 e. The van der Waals surface area contributed by atoms with E-state index in [1.807, 2.05) is 0 Å². The number of nitrogens with one attached hydrogen (secondary N) is 1. The summed E-state index contributed by atoms with van der Waals surface area (Å²) in [5.74, 6) is 2.51. The van der Waals surface area contributed by atoms with Gasteiger partial charge in [-0.15, -0.1) is 0 Å². The molecule has 5 nitrogen and oxygen atoms in total. The first-order valence-corrected chi connectivity index (χ1v) is 11.9. The number of likely N-dealkylation sites (N-methyl/N-ethyl adjacent to an activating group) is 1. The minimum atomic E-state index is 0.689. The first-order chi connectivity index (χ1) is 15.2. The Bertz CT molecular complexity index is 813. The molecule has 2 aromatic rings. The summed E-state index contributed by atoms with van der Waals surface area (Å²) >= 11 is 0. The zero-order valence-electron chi connectivity index (χ0n) is 18.7. The fraction of sp³-hybridized carbons (Fsp3) is 0.538. The smallest absolute Gasteiger partial charge is 0.119 e. The molecule has 0 unspecified atom stereocenters. The van der Waals surface area contributed by atoms with Crippen LogP contribution in [0.2, 0.25) is 0 Å². The lowest BCUT2D eigenvalue weighted by Crippen LogP contribution is -2.52. The highest BCUT2D eigenvalue weighted by Gasteiger charge is 2.38. The molecule has 2 aliphatic heterocycles. The van der Waals surface area contributed by atoms with E-state index in [0.717, 1.165) is 63.5 Å². The van der Waals surface area contributed by atoms with Crippen molar-refractivity contribution in [2.24, 2.45) is 5.92 Å². The van der Waals surface area contributed by atoms with Gasteiger partial charge >= 0.3 is 0 Å². The quantitative estimate of drug-likeness (QED) is 0.674. The van der Waals surface area contributed by atoms with E-state index in [4.69, 9.17) is 4.74 Å². The Labute approximate surface area is 187 Å². The molecule has 1 saturated carbocycles. The molecule has 166 valence electrons. The molecule has 0 aromatic heterocycles. The van der Waals surface area contributed by atoms with Crippen LogP contribution in [0.1, 0.15) is 17.9 Å². The molecule has 2 aromatic carbocycles. The van der Waals surface area contributed by atoms with Gasteiger partial charge in [0.25, 0.3) is 0 Å². The van der Waals surface area contributed by atoms with E-state index in [9.17, 15) is 0 Å². The number of anilines is 1. The molecule has 2 atom stereocenters. The van der Waals surface area contributed by atoms with Gasteiger partial charge in [-0.05, 0) is 49.2 Å². The van der Waals surface area contributed by atoms with E-state index in [2.05, 4.69) is 81.7 Å². The number of likely N-dealkylation sites (tertiary alicyclic amines) is 1. The molecule has 1 aliphatic carbocycles. The van der Waals surface area contributed by atoms with Gasteiger partial charge in [0, 0.05) is 70.0 Å². The average Bonchev–Trinajstić information content (AvgIpc) is 3.56. The predicted octanol–water partition coefficient (Wildman–Crippen LogP) is 2.89. The third kappa shape index (κ3) is 5.40. The summed E-state index contributed by atoms with van der Waals surface area (Å²) in [6, 6.07) is 20.3. The summed E-state index contributed by atoms with van der Waals surface area (Å²) in [6.45, 7) is 9.82. The van der Waals surface area contributed by atoms with Crippen LogP contribution < -0.4 is 15.0 Å². The molecule has 3 aliphatic rings. The van der Waals surface area contributed by atoms with Gasteiger partial charge in [0.2, 0.25) is 0 Å². The topological polar surface area (TPSA) is 31.0 Å². The number of benzene rings is 2. The SMILES string of the molecule is CN1CCN(c2ccc(OCCN3CC(CN[C@@H]4C[C@H]4c4ccccc4)C3)cc2)CC1. The molecule has 2 heterocycles. The number of hydrogen-bond acceptors (Lipinski definition) is 5. The summed E-state index contributed by atoms with van der Waals surface area (Å²) in [6.07, 6.45) is 1.29. The van der Waals surface area contributed by atoms with E-state index in [-0.39, 0.29) is 0 Å². The Morgan fingerprint density at radius 1 is 0.935 bits per heavy atom. The van der Waals surface area contributed by atoms with Gasteiger partial charge in [-0.2, -0.15) is 0 Å². The van der Waals surface area contributed by atoms with E-state index in [1.165, 1.54) is 30.8 Å². The molecule has 0 spiro atoms. The lowest BCUT2D eigenvalue weighted by molar-refractivity contribution is 0.0820. The molecule has 2 saturated heterocycles. The van der Waals surface area contributed by atoms with Gasteiger partial charge in [-0.3, -0.25) is 4.90 Å². The van der Waals surface area contributed by atoms with E-state index >= 15 is 0 Å². The maximum Gasteiger partial charge on any atom is 0.119 e. The van der Waals surface area contributed by atoms with E-state index < -0.39 is 0 Å². The summed E-state index contributed by atoms with van der Waals surface area (Å²) in [4.78, 5) is 7.35. The molecule has 5 heteroatoms. The Morgan fingerprint density at radius 2 is 1.68 bits per heavy atom. The first-order valence-electron chi connectivity index (χ1n) is 11.9. The fourth-order valence-corrected chi connectivity index (χ4v) is 4.91. The summed E-state index contributed by atoms with van der Waals surface area (Å²) in [5.41, 5.74) is 2.80. The van der Waals surface area contributed by atoms with Gasteiger partial charge in [-0.25, -0.2) is 0 Å². The van der Waals surface area contributed by atoms with Gasteiger partial charge in [0.05, 0.1) is 0 Å². The highest BCUT2D eigenvalue weighted by molar-refractivity contribution is 5.49. The Hall–Kier alpha value is -2.08. The summed E-state index contributed by atoms with van der Waals surface area (Å²) < 4.78 is 5.99. The standard InChI is InChI=1S/C26H36N4O/c1-28-11-13-30(14-12-28)23-7-9-24(10-8-23)31-16-15-29-19-21(20-29)18-27-26-17-25(26)22-5-3-2-4-6-22/h2-10,21,25-27H,11-20H2,1H3/t25-,26+/m0/s1. The van der Waals surface area contributed by atoms with Crippen LogP contribution in [0.3, 0.4) is 0 Å². The van der Waals surface area contributed by atoms with Crippen molar-refractivity contribution in [1.29, 1.82) is 0 Å². The fourth-order valence-electron chi connectivity index (χ4n) is 4.91. The maximum absolute atomic E-state index is 5.99. The zero-order valence-corrected chi connectivity index (χ0v) is 18.7. The Kier molecular flexibility index (Phi) is 6.44. The van der Waals surface area contributed by atoms with Crippen LogP contribution in [0.15, 0.2) is 54.6 Å². The van der Waals surface area contributed by atoms with Crippen molar-refractivity contribution in [2.75, 3.05) is 70.9 Å². The third-order valence-corrected chi connectivity index (χ3v) is 7.10. The lowest BCUT2D eigenvalue weighted by atomic mass is 10.0. The molecular formula is C26H36N4O. The Morgan fingerprint density at radius 3 is 2.42 bits per heavy atom. The van der Waals surface area contributed by atoms with Crippen LogP contribution in [0.4, 0.5) is 5.69 Å². The van der Waals surface area contributed by atoms with Crippen LogP contribution in [0.25, 0.3) is 0 Å². The second kappa shape index (κ2) is 9.60. The van der Waals surface area contributed by atoms with Crippen LogP contribution in [0, 0.1) is 5.92 Å². The van der Waals surface area contributed by atoms with Crippen molar-refractivity contribution in [3.05, 3.63) is 60.2 Å². The molecule has 0 radical (unpaired) electrons. The third-order valence-electron chi connectivity index (χ3n) is 7.10. The summed E-state index contributed by atoms with van der Waals surface area (Å²) in [5, 5.41) is 3.78. The van der Waals surface area contributed by atoms with Crippen molar-refractivity contribution in [3.8, 4) is 5.75 Å². The maximum atomic E-state index is 5.99.